The van der Waals surface area contributed by atoms with Gasteiger partial charge in [-0.2, -0.15) is 5.10 Å². The number of hydrogen-bond donors (Lipinski definition) is 2. The van der Waals surface area contributed by atoms with Gasteiger partial charge in [0.2, 0.25) is 0 Å². The molecule has 2 fully saturated rings. The maximum Gasteiger partial charge on any atom is 0.317 e. The zero-order valence-corrected chi connectivity index (χ0v) is 15.8. The second-order valence-electron chi connectivity index (χ2n) is 7.84. The van der Waals surface area contributed by atoms with E-state index < -0.39 is 5.97 Å². The molecule has 1 aromatic rings. The van der Waals surface area contributed by atoms with Crippen molar-refractivity contribution in [1.82, 2.24) is 20.0 Å². The van der Waals surface area contributed by atoms with E-state index in [-0.39, 0.29) is 6.54 Å². The average Bonchev–Trinajstić information content (AvgIpc) is 3.27. The zero-order valence-electron chi connectivity index (χ0n) is 15.8. The predicted octanol–water partition coefficient (Wildman–Crippen LogP) is 2.33. The molecule has 0 radical (unpaired) electrons. The summed E-state index contributed by atoms with van der Waals surface area (Å²) < 4.78 is 2.11. The molecule has 25 heavy (non-hydrogen) atoms. The van der Waals surface area contributed by atoms with E-state index in [2.05, 4.69) is 40.8 Å². The van der Waals surface area contributed by atoms with Gasteiger partial charge in [0, 0.05) is 43.0 Å². The Kier molecular flexibility index (Phi) is 5.79. The molecule has 2 aliphatic rings. The summed E-state index contributed by atoms with van der Waals surface area (Å²) in [5.41, 5.74) is 3.71. The lowest BCUT2D eigenvalue weighted by atomic mass is 9.85. The first-order valence-corrected chi connectivity index (χ1v) is 9.70. The normalized spacial score (nSPS) is 23.0. The molecule has 6 heteroatoms. The molecule has 0 saturated heterocycles. The first kappa shape index (κ1) is 18.4. The highest BCUT2D eigenvalue weighted by Crippen LogP contribution is 2.33. The Morgan fingerprint density at radius 2 is 2.08 bits per heavy atom. The Balaban J connectivity index is 1.47. The summed E-state index contributed by atoms with van der Waals surface area (Å²) >= 11 is 0. The minimum atomic E-state index is -0.702. The van der Waals surface area contributed by atoms with Crippen molar-refractivity contribution in [3.8, 4) is 0 Å². The number of carboxylic acids is 1. The Morgan fingerprint density at radius 1 is 1.36 bits per heavy atom. The maximum absolute atomic E-state index is 11.1. The van der Waals surface area contributed by atoms with E-state index in [9.17, 15) is 4.79 Å². The highest BCUT2D eigenvalue weighted by molar-refractivity contribution is 5.69. The van der Waals surface area contributed by atoms with E-state index in [0.717, 1.165) is 50.5 Å². The Morgan fingerprint density at radius 3 is 2.68 bits per heavy atom. The lowest BCUT2D eigenvalue weighted by Crippen LogP contribution is -2.54. The lowest BCUT2D eigenvalue weighted by molar-refractivity contribution is -0.139. The topological polar surface area (TPSA) is 70.4 Å². The molecule has 0 atom stereocenters. The molecule has 0 aliphatic heterocycles. The molecule has 2 aliphatic carbocycles. The van der Waals surface area contributed by atoms with Gasteiger partial charge in [-0.15, -0.1) is 0 Å². The SMILES string of the molecule is CCCn1nc(C)c(CNC2CC(N(CC(=O)O)CC3CC3)C2)c1C. The standard InChI is InChI=1S/C19H32N4O2/c1-4-7-23-14(3)18(13(2)21-23)10-20-16-8-17(9-16)22(12-19(24)25)11-15-5-6-15/h15-17,20H,4-12H2,1-3H3,(H,24,25). The zero-order chi connectivity index (χ0) is 18.0. The van der Waals surface area contributed by atoms with Crippen LogP contribution in [0.2, 0.25) is 0 Å². The van der Waals surface area contributed by atoms with Crippen molar-refractivity contribution in [3.05, 3.63) is 17.0 Å². The van der Waals surface area contributed by atoms with Crippen molar-refractivity contribution in [2.24, 2.45) is 5.92 Å². The third kappa shape index (κ3) is 4.61. The molecule has 1 aromatic heterocycles. The molecule has 0 spiro atoms. The lowest BCUT2D eigenvalue weighted by Gasteiger charge is -2.43. The minimum absolute atomic E-state index is 0.190. The van der Waals surface area contributed by atoms with E-state index in [4.69, 9.17) is 5.11 Å². The largest absolute Gasteiger partial charge is 0.480 e. The van der Waals surface area contributed by atoms with Crippen LogP contribution in [-0.2, 0) is 17.9 Å². The van der Waals surface area contributed by atoms with Gasteiger partial charge >= 0.3 is 5.97 Å². The molecule has 2 saturated carbocycles. The average molecular weight is 348 g/mol. The highest BCUT2D eigenvalue weighted by Gasteiger charge is 2.37. The smallest absolute Gasteiger partial charge is 0.317 e. The first-order chi connectivity index (χ1) is 12.0. The van der Waals surface area contributed by atoms with E-state index in [1.807, 2.05) is 0 Å². The molecule has 0 aromatic carbocycles. The van der Waals surface area contributed by atoms with Crippen molar-refractivity contribution in [2.45, 2.75) is 78.0 Å². The minimum Gasteiger partial charge on any atom is -0.480 e. The van der Waals surface area contributed by atoms with Gasteiger partial charge in [-0.25, -0.2) is 0 Å². The number of aromatic nitrogens is 2. The van der Waals surface area contributed by atoms with Gasteiger partial charge in [0.15, 0.2) is 0 Å². The third-order valence-electron chi connectivity index (χ3n) is 5.69. The summed E-state index contributed by atoms with van der Waals surface area (Å²) in [6.07, 6.45) is 5.75. The number of carboxylic acid groups (broad SMARTS) is 1. The van der Waals surface area contributed by atoms with Crippen molar-refractivity contribution in [1.29, 1.82) is 0 Å². The van der Waals surface area contributed by atoms with E-state index >= 15 is 0 Å². The van der Waals surface area contributed by atoms with Crippen molar-refractivity contribution in [2.75, 3.05) is 13.1 Å². The first-order valence-electron chi connectivity index (χ1n) is 9.70. The van der Waals surface area contributed by atoms with Gasteiger partial charge in [-0.1, -0.05) is 6.92 Å². The molecular formula is C19H32N4O2. The number of hydrogen-bond acceptors (Lipinski definition) is 4. The van der Waals surface area contributed by atoms with Crippen LogP contribution in [0.5, 0.6) is 0 Å². The molecule has 1 heterocycles. The fraction of sp³-hybridized carbons (Fsp3) is 0.789. The molecule has 2 N–H and O–H groups in total. The van der Waals surface area contributed by atoms with Crippen LogP contribution in [-0.4, -0.2) is 50.9 Å². The number of nitrogens with zero attached hydrogens (tertiary/aromatic N) is 3. The van der Waals surface area contributed by atoms with Crippen LogP contribution in [0.25, 0.3) is 0 Å². The van der Waals surface area contributed by atoms with Gasteiger partial charge in [0.05, 0.1) is 12.2 Å². The van der Waals surface area contributed by atoms with E-state index in [0.29, 0.717) is 12.1 Å². The van der Waals surface area contributed by atoms with Gasteiger partial charge < -0.3 is 10.4 Å². The molecule has 140 valence electrons. The Labute approximate surface area is 150 Å². The monoisotopic (exact) mass is 348 g/mol. The maximum atomic E-state index is 11.1. The van der Waals surface area contributed by atoms with Crippen LogP contribution >= 0.6 is 0 Å². The van der Waals surface area contributed by atoms with Gasteiger partial charge in [0.25, 0.3) is 0 Å². The second kappa shape index (κ2) is 7.87. The summed E-state index contributed by atoms with van der Waals surface area (Å²) in [5, 5.41) is 17.4. The van der Waals surface area contributed by atoms with Gasteiger partial charge in [-0.05, 0) is 51.9 Å². The van der Waals surface area contributed by atoms with Crippen molar-refractivity contribution < 1.29 is 9.90 Å². The number of nitrogens with one attached hydrogen (secondary N) is 1. The third-order valence-corrected chi connectivity index (χ3v) is 5.69. The number of aryl methyl sites for hydroxylation is 2. The number of aliphatic carboxylic acids is 1. The summed E-state index contributed by atoms with van der Waals surface area (Å²) in [4.78, 5) is 13.3. The molecule has 0 unspecified atom stereocenters. The molecule has 0 bridgehead atoms. The molecular weight excluding hydrogens is 316 g/mol. The highest BCUT2D eigenvalue weighted by atomic mass is 16.4. The van der Waals surface area contributed by atoms with E-state index in [1.165, 1.54) is 24.1 Å². The Hall–Kier alpha value is -1.40. The van der Waals surface area contributed by atoms with Crippen molar-refractivity contribution >= 4 is 5.97 Å². The van der Waals surface area contributed by atoms with Crippen LogP contribution in [0.1, 0.15) is 56.0 Å². The van der Waals surface area contributed by atoms with Crippen LogP contribution in [0.3, 0.4) is 0 Å². The molecule has 0 amide bonds. The van der Waals surface area contributed by atoms with Crippen LogP contribution < -0.4 is 5.32 Å². The van der Waals surface area contributed by atoms with E-state index in [1.54, 1.807) is 0 Å². The second-order valence-corrected chi connectivity index (χ2v) is 7.84. The van der Waals surface area contributed by atoms with Crippen LogP contribution in [0.15, 0.2) is 0 Å². The molecule has 3 rings (SSSR count). The fourth-order valence-corrected chi connectivity index (χ4v) is 3.87. The quantitative estimate of drug-likeness (QED) is 0.679. The summed E-state index contributed by atoms with van der Waals surface area (Å²) in [7, 11) is 0. The fourth-order valence-electron chi connectivity index (χ4n) is 3.87. The molecule has 6 nitrogen and oxygen atoms in total. The number of rotatable bonds is 10. The summed E-state index contributed by atoms with van der Waals surface area (Å²) in [6, 6.07) is 0.924. The van der Waals surface area contributed by atoms with Gasteiger partial charge in [-0.3, -0.25) is 14.4 Å². The predicted molar refractivity (Wildman–Crippen MR) is 97.6 cm³/mol. The van der Waals surface area contributed by atoms with Crippen LogP contribution in [0, 0.1) is 19.8 Å². The Bertz CT molecular complexity index is 603. The number of carbonyl (C=O) groups is 1. The van der Waals surface area contributed by atoms with Crippen LogP contribution in [0.4, 0.5) is 0 Å². The van der Waals surface area contributed by atoms with Crippen molar-refractivity contribution in [3.63, 3.8) is 0 Å². The summed E-state index contributed by atoms with van der Waals surface area (Å²) in [6.45, 7) is 9.41. The van der Waals surface area contributed by atoms with Gasteiger partial charge in [0.1, 0.15) is 0 Å². The summed E-state index contributed by atoms with van der Waals surface area (Å²) in [5.74, 6) is 0.0349.